The molecule has 5 heteroatoms. The number of rotatable bonds is 1. The molecule has 1 aliphatic heterocycles. The van der Waals surface area contributed by atoms with Crippen LogP contribution in [0.4, 0.5) is 0 Å². The standard InChI is InChI=1S/C12H12ClNO2S/c13-11-3-1-2-9-4-6-14(12(9)11)10-5-7-17(15,16)8-10/h1-4,6,10H,5,7-8H2. The molecule has 2 aromatic rings. The molecule has 1 atom stereocenters. The number of hydrogen-bond donors (Lipinski definition) is 0. The molecular weight excluding hydrogens is 258 g/mol. The lowest BCUT2D eigenvalue weighted by atomic mass is 10.2. The molecule has 0 saturated carbocycles. The van der Waals surface area contributed by atoms with Gasteiger partial charge in [0.25, 0.3) is 0 Å². The lowest BCUT2D eigenvalue weighted by Crippen LogP contribution is -2.09. The predicted octanol–water partition coefficient (Wildman–Crippen LogP) is 2.65. The summed E-state index contributed by atoms with van der Waals surface area (Å²) in [6.45, 7) is 0. The highest BCUT2D eigenvalue weighted by molar-refractivity contribution is 7.91. The second-order valence-corrected chi connectivity index (χ2v) is 7.09. The van der Waals surface area contributed by atoms with Gasteiger partial charge in [-0.2, -0.15) is 0 Å². The van der Waals surface area contributed by atoms with E-state index in [4.69, 9.17) is 11.6 Å². The van der Waals surface area contributed by atoms with Crippen LogP contribution in [0.15, 0.2) is 30.5 Å². The molecule has 0 radical (unpaired) electrons. The average Bonchev–Trinajstić information content (AvgIpc) is 2.82. The zero-order valence-corrected chi connectivity index (χ0v) is 10.7. The van der Waals surface area contributed by atoms with Crippen LogP contribution in [0.1, 0.15) is 12.5 Å². The van der Waals surface area contributed by atoms with E-state index in [-0.39, 0.29) is 17.5 Å². The van der Waals surface area contributed by atoms with Gasteiger partial charge in [-0.3, -0.25) is 0 Å². The van der Waals surface area contributed by atoms with E-state index in [0.717, 1.165) is 10.9 Å². The first-order chi connectivity index (χ1) is 8.07. The smallest absolute Gasteiger partial charge is 0.152 e. The Balaban J connectivity index is 2.13. The average molecular weight is 270 g/mol. The summed E-state index contributed by atoms with van der Waals surface area (Å²) in [6.07, 6.45) is 2.61. The van der Waals surface area contributed by atoms with E-state index in [2.05, 4.69) is 0 Å². The maximum absolute atomic E-state index is 11.5. The van der Waals surface area contributed by atoms with Crippen molar-refractivity contribution in [3.05, 3.63) is 35.5 Å². The van der Waals surface area contributed by atoms with Gasteiger partial charge in [-0.05, 0) is 18.6 Å². The van der Waals surface area contributed by atoms with E-state index >= 15 is 0 Å². The Bertz CT molecular complexity index is 675. The summed E-state index contributed by atoms with van der Waals surface area (Å²) in [5, 5.41) is 1.73. The summed E-state index contributed by atoms with van der Waals surface area (Å²) in [5.41, 5.74) is 0.941. The molecule has 1 unspecified atom stereocenters. The number of sulfone groups is 1. The molecule has 0 amide bonds. The van der Waals surface area contributed by atoms with Crippen LogP contribution in [-0.4, -0.2) is 24.5 Å². The zero-order chi connectivity index (χ0) is 12.0. The van der Waals surface area contributed by atoms with Crippen molar-refractivity contribution in [1.29, 1.82) is 0 Å². The third kappa shape index (κ3) is 1.85. The van der Waals surface area contributed by atoms with Gasteiger partial charge < -0.3 is 4.57 Å². The van der Waals surface area contributed by atoms with E-state index in [1.165, 1.54) is 0 Å². The first-order valence-electron chi connectivity index (χ1n) is 5.52. The molecule has 1 fully saturated rings. The second-order valence-electron chi connectivity index (χ2n) is 4.46. The van der Waals surface area contributed by atoms with Crippen LogP contribution in [0.25, 0.3) is 10.9 Å². The highest BCUT2D eigenvalue weighted by atomic mass is 35.5. The molecule has 1 aliphatic rings. The van der Waals surface area contributed by atoms with Gasteiger partial charge in [0.1, 0.15) is 0 Å². The fraction of sp³-hybridized carbons (Fsp3) is 0.333. The van der Waals surface area contributed by atoms with Gasteiger partial charge >= 0.3 is 0 Å². The van der Waals surface area contributed by atoms with Crippen molar-refractivity contribution in [2.75, 3.05) is 11.5 Å². The first kappa shape index (κ1) is 11.1. The highest BCUT2D eigenvalue weighted by Crippen LogP contribution is 2.31. The molecule has 1 aromatic heterocycles. The third-order valence-electron chi connectivity index (χ3n) is 3.29. The number of halogens is 1. The van der Waals surface area contributed by atoms with E-state index in [0.29, 0.717) is 11.4 Å². The van der Waals surface area contributed by atoms with Gasteiger partial charge in [0.05, 0.1) is 22.0 Å². The minimum atomic E-state index is -2.87. The quantitative estimate of drug-likeness (QED) is 0.798. The van der Waals surface area contributed by atoms with Gasteiger partial charge in [0.2, 0.25) is 0 Å². The summed E-state index contributed by atoms with van der Waals surface area (Å²) in [5.74, 6) is 0.504. The number of benzene rings is 1. The second kappa shape index (κ2) is 3.75. The number of nitrogens with zero attached hydrogens (tertiary/aromatic N) is 1. The number of hydrogen-bond acceptors (Lipinski definition) is 2. The highest BCUT2D eigenvalue weighted by Gasteiger charge is 2.29. The van der Waals surface area contributed by atoms with Crippen molar-refractivity contribution >= 4 is 32.3 Å². The summed E-state index contributed by atoms with van der Waals surface area (Å²) in [7, 11) is -2.87. The van der Waals surface area contributed by atoms with E-state index < -0.39 is 9.84 Å². The lowest BCUT2D eigenvalue weighted by Gasteiger charge is -2.12. The maximum atomic E-state index is 11.5. The summed E-state index contributed by atoms with van der Waals surface area (Å²) in [6, 6.07) is 7.73. The Labute approximate surface area is 105 Å². The summed E-state index contributed by atoms with van der Waals surface area (Å²) >= 11 is 6.18. The molecule has 2 heterocycles. The van der Waals surface area contributed by atoms with Gasteiger partial charge in [-0.25, -0.2) is 8.42 Å². The monoisotopic (exact) mass is 269 g/mol. The van der Waals surface area contributed by atoms with Crippen LogP contribution >= 0.6 is 11.6 Å². The fourth-order valence-corrected chi connectivity index (χ4v) is 4.46. The van der Waals surface area contributed by atoms with Crippen LogP contribution in [0.5, 0.6) is 0 Å². The number of aromatic nitrogens is 1. The van der Waals surface area contributed by atoms with Crippen molar-refractivity contribution in [3.63, 3.8) is 0 Å². The molecule has 17 heavy (non-hydrogen) atoms. The van der Waals surface area contributed by atoms with Crippen molar-refractivity contribution < 1.29 is 8.42 Å². The Morgan fingerprint density at radius 3 is 2.82 bits per heavy atom. The van der Waals surface area contributed by atoms with Crippen molar-refractivity contribution in [2.24, 2.45) is 0 Å². The molecule has 1 aromatic carbocycles. The van der Waals surface area contributed by atoms with Gasteiger partial charge in [-0.1, -0.05) is 23.7 Å². The zero-order valence-electron chi connectivity index (χ0n) is 9.14. The largest absolute Gasteiger partial charge is 0.342 e. The normalized spacial score (nSPS) is 23.2. The van der Waals surface area contributed by atoms with Gasteiger partial charge in [0, 0.05) is 17.6 Å². The van der Waals surface area contributed by atoms with Crippen molar-refractivity contribution in [3.8, 4) is 0 Å². The topological polar surface area (TPSA) is 39.1 Å². The van der Waals surface area contributed by atoms with E-state index in [1.807, 2.05) is 35.0 Å². The molecular formula is C12H12ClNO2S. The molecule has 3 nitrogen and oxygen atoms in total. The van der Waals surface area contributed by atoms with Crippen LogP contribution in [0, 0.1) is 0 Å². The van der Waals surface area contributed by atoms with Crippen LogP contribution in [0.3, 0.4) is 0 Å². The Morgan fingerprint density at radius 2 is 2.12 bits per heavy atom. The van der Waals surface area contributed by atoms with E-state index in [9.17, 15) is 8.42 Å². The lowest BCUT2D eigenvalue weighted by molar-refractivity contribution is 0.572. The SMILES string of the molecule is O=S1(=O)CCC(n2ccc3cccc(Cl)c32)C1. The Morgan fingerprint density at radius 1 is 1.29 bits per heavy atom. The fourth-order valence-electron chi connectivity index (χ4n) is 2.47. The van der Waals surface area contributed by atoms with E-state index in [1.54, 1.807) is 0 Å². The molecule has 0 bridgehead atoms. The van der Waals surface area contributed by atoms with Crippen LogP contribution < -0.4 is 0 Å². The summed E-state index contributed by atoms with van der Waals surface area (Å²) < 4.78 is 25.0. The molecule has 1 saturated heterocycles. The molecule has 0 N–H and O–H groups in total. The predicted molar refractivity (Wildman–Crippen MR) is 69.3 cm³/mol. The minimum Gasteiger partial charge on any atom is -0.342 e. The Kier molecular flexibility index (Phi) is 2.45. The summed E-state index contributed by atoms with van der Waals surface area (Å²) in [4.78, 5) is 0. The Hall–Kier alpha value is -1.00. The van der Waals surface area contributed by atoms with Crippen molar-refractivity contribution in [2.45, 2.75) is 12.5 Å². The van der Waals surface area contributed by atoms with Crippen LogP contribution in [0.2, 0.25) is 5.02 Å². The van der Waals surface area contributed by atoms with Gasteiger partial charge in [0.15, 0.2) is 9.84 Å². The minimum absolute atomic E-state index is 0.0254. The molecule has 3 rings (SSSR count). The van der Waals surface area contributed by atoms with Crippen LogP contribution in [-0.2, 0) is 9.84 Å². The van der Waals surface area contributed by atoms with Crippen molar-refractivity contribution in [1.82, 2.24) is 4.57 Å². The molecule has 0 spiro atoms. The maximum Gasteiger partial charge on any atom is 0.152 e. The molecule has 0 aliphatic carbocycles. The third-order valence-corrected chi connectivity index (χ3v) is 5.35. The first-order valence-corrected chi connectivity index (χ1v) is 7.72. The van der Waals surface area contributed by atoms with Gasteiger partial charge in [-0.15, -0.1) is 0 Å². The number of para-hydroxylation sites is 1. The molecule has 90 valence electrons. The number of fused-ring (bicyclic) bond motifs is 1.